The van der Waals surface area contributed by atoms with Crippen LogP contribution in [0, 0.1) is 5.82 Å². The van der Waals surface area contributed by atoms with E-state index in [9.17, 15) is 9.18 Å². The fraction of sp³-hybridized carbons (Fsp3) is 0.154. The first-order valence-electron chi connectivity index (χ1n) is 5.38. The van der Waals surface area contributed by atoms with Crippen molar-refractivity contribution in [1.29, 1.82) is 0 Å². The topological polar surface area (TPSA) is 26.3 Å². The average molecular weight is 319 g/mol. The Morgan fingerprint density at radius 3 is 2.63 bits per heavy atom. The van der Waals surface area contributed by atoms with Crippen LogP contribution in [0.3, 0.4) is 0 Å². The summed E-state index contributed by atoms with van der Waals surface area (Å²) in [7, 11) is 0. The maximum atomic E-state index is 13.0. The van der Waals surface area contributed by atoms with Crippen LogP contribution in [-0.4, -0.2) is 11.9 Å². The van der Waals surface area contributed by atoms with Gasteiger partial charge in [0.25, 0.3) is 0 Å². The zero-order chi connectivity index (χ0) is 14.0. The fourth-order valence-corrected chi connectivity index (χ4v) is 2.69. The number of carbonyl (C=O) groups excluding carboxylic acids is 1. The number of hydrogen-bond donors (Lipinski definition) is 0. The first kappa shape index (κ1) is 14.3. The van der Waals surface area contributed by atoms with E-state index in [0.29, 0.717) is 15.0 Å². The molecule has 0 saturated heterocycles. The van der Waals surface area contributed by atoms with Gasteiger partial charge in [0.05, 0.1) is 14.2 Å². The van der Waals surface area contributed by atoms with Crippen LogP contribution in [-0.2, 0) is 0 Å². The molecule has 1 aromatic heterocycles. The Bertz CT molecular complexity index is 612. The van der Waals surface area contributed by atoms with Gasteiger partial charge in [0.15, 0.2) is 6.10 Å². The molecule has 0 N–H and O–H groups in total. The highest BCUT2D eigenvalue weighted by atomic mass is 35.5. The van der Waals surface area contributed by atoms with Gasteiger partial charge in [-0.25, -0.2) is 4.39 Å². The predicted octanol–water partition coefficient (Wildman–Crippen LogP) is 4.84. The number of halogens is 3. The van der Waals surface area contributed by atoms with E-state index in [-0.39, 0.29) is 10.8 Å². The summed E-state index contributed by atoms with van der Waals surface area (Å²) in [5.41, 5.74) is 0. The van der Waals surface area contributed by atoms with Crippen molar-refractivity contribution in [3.63, 3.8) is 0 Å². The highest BCUT2D eigenvalue weighted by molar-refractivity contribution is 7.18. The van der Waals surface area contributed by atoms with Crippen molar-refractivity contribution >= 4 is 40.3 Å². The van der Waals surface area contributed by atoms with Crippen LogP contribution in [0.2, 0.25) is 9.36 Å². The van der Waals surface area contributed by atoms with Crippen molar-refractivity contribution in [3.05, 3.63) is 50.4 Å². The molecule has 0 spiro atoms. The molecule has 1 atom stereocenters. The maximum Gasteiger partial charge on any atom is 0.212 e. The Kier molecular flexibility index (Phi) is 4.45. The third kappa shape index (κ3) is 3.47. The second kappa shape index (κ2) is 5.90. The average Bonchev–Trinajstić information content (AvgIpc) is 2.79. The number of thiophene rings is 1. The van der Waals surface area contributed by atoms with Gasteiger partial charge < -0.3 is 4.74 Å². The summed E-state index contributed by atoms with van der Waals surface area (Å²) in [6.45, 7) is 1.62. The van der Waals surface area contributed by atoms with Crippen molar-refractivity contribution in [1.82, 2.24) is 0 Å². The third-order valence-electron chi connectivity index (χ3n) is 2.39. The van der Waals surface area contributed by atoms with Gasteiger partial charge in [-0.05, 0) is 31.2 Å². The van der Waals surface area contributed by atoms with Gasteiger partial charge in [0, 0.05) is 6.07 Å². The first-order valence-corrected chi connectivity index (χ1v) is 6.96. The number of carbonyl (C=O) groups is 1. The van der Waals surface area contributed by atoms with Crippen molar-refractivity contribution in [2.45, 2.75) is 13.0 Å². The Hall–Kier alpha value is -1.10. The monoisotopic (exact) mass is 318 g/mol. The summed E-state index contributed by atoms with van der Waals surface area (Å²) in [6.07, 6.45) is -0.698. The standard InChI is InChI=1S/C13H9Cl2FO2S/c1-7(13(17)11-4-5-12(15)19-11)18-8-2-3-10(16)9(14)6-8/h2-7H,1H3. The Labute approximate surface area is 123 Å². The molecule has 0 saturated carbocycles. The summed E-state index contributed by atoms with van der Waals surface area (Å²) in [4.78, 5) is 12.6. The van der Waals surface area contributed by atoms with E-state index in [1.54, 1.807) is 19.1 Å². The Morgan fingerprint density at radius 2 is 2.05 bits per heavy atom. The SMILES string of the molecule is CC(Oc1ccc(F)c(Cl)c1)C(=O)c1ccc(Cl)s1. The molecule has 0 fully saturated rings. The summed E-state index contributed by atoms with van der Waals surface area (Å²) in [5.74, 6) is -0.370. The highest BCUT2D eigenvalue weighted by Crippen LogP contribution is 2.25. The van der Waals surface area contributed by atoms with Gasteiger partial charge in [-0.1, -0.05) is 23.2 Å². The molecule has 1 unspecified atom stereocenters. The van der Waals surface area contributed by atoms with Crippen molar-refractivity contribution in [2.75, 3.05) is 0 Å². The smallest absolute Gasteiger partial charge is 0.212 e. The maximum absolute atomic E-state index is 13.0. The Morgan fingerprint density at radius 1 is 1.32 bits per heavy atom. The largest absolute Gasteiger partial charge is 0.482 e. The molecule has 1 heterocycles. The van der Waals surface area contributed by atoms with Crippen molar-refractivity contribution < 1.29 is 13.9 Å². The van der Waals surface area contributed by atoms with Crippen LogP contribution >= 0.6 is 34.5 Å². The number of ether oxygens (including phenoxy) is 1. The Balaban J connectivity index is 2.10. The molecule has 2 aromatic rings. The zero-order valence-electron chi connectivity index (χ0n) is 9.82. The van der Waals surface area contributed by atoms with Gasteiger partial charge in [0.2, 0.25) is 5.78 Å². The molecule has 0 aliphatic rings. The van der Waals surface area contributed by atoms with Crippen molar-refractivity contribution in [2.24, 2.45) is 0 Å². The normalized spacial score (nSPS) is 12.2. The van der Waals surface area contributed by atoms with Gasteiger partial charge in [-0.15, -0.1) is 11.3 Å². The highest BCUT2D eigenvalue weighted by Gasteiger charge is 2.19. The van der Waals surface area contributed by atoms with Gasteiger partial charge >= 0.3 is 0 Å². The quantitative estimate of drug-likeness (QED) is 0.754. The molecule has 0 amide bonds. The lowest BCUT2D eigenvalue weighted by Gasteiger charge is -2.13. The van der Waals surface area contributed by atoms with Crippen LogP contribution in [0.25, 0.3) is 0 Å². The lowest BCUT2D eigenvalue weighted by molar-refractivity contribution is 0.0822. The molecule has 0 aliphatic carbocycles. The van der Waals surface area contributed by atoms with Gasteiger partial charge in [-0.3, -0.25) is 4.79 Å². The van der Waals surface area contributed by atoms with Crippen LogP contribution in [0.4, 0.5) is 4.39 Å². The second-order valence-corrected chi connectivity index (χ2v) is 5.93. The second-order valence-electron chi connectivity index (χ2n) is 3.80. The number of benzene rings is 1. The number of Topliss-reactive ketones (excluding diaryl/α,β-unsaturated/α-hetero) is 1. The van der Waals surface area contributed by atoms with E-state index in [2.05, 4.69) is 0 Å². The van der Waals surface area contributed by atoms with Crippen molar-refractivity contribution in [3.8, 4) is 5.75 Å². The fourth-order valence-electron chi connectivity index (χ4n) is 1.45. The molecule has 100 valence electrons. The number of ketones is 1. The van der Waals surface area contributed by atoms with E-state index in [1.807, 2.05) is 0 Å². The van der Waals surface area contributed by atoms with E-state index >= 15 is 0 Å². The van der Waals surface area contributed by atoms with Crippen LogP contribution in [0.1, 0.15) is 16.6 Å². The third-order valence-corrected chi connectivity index (χ3v) is 3.92. The minimum atomic E-state index is -0.698. The summed E-state index contributed by atoms with van der Waals surface area (Å²) >= 11 is 12.6. The van der Waals surface area contributed by atoms with Gasteiger partial charge in [-0.2, -0.15) is 0 Å². The molecule has 2 nitrogen and oxygen atoms in total. The summed E-state index contributed by atoms with van der Waals surface area (Å²) in [6, 6.07) is 7.25. The summed E-state index contributed by atoms with van der Waals surface area (Å²) in [5, 5.41) is -0.0451. The zero-order valence-corrected chi connectivity index (χ0v) is 12.2. The first-order chi connectivity index (χ1) is 8.97. The molecule has 0 bridgehead atoms. The number of rotatable bonds is 4. The van der Waals surface area contributed by atoms with Crippen LogP contribution in [0.15, 0.2) is 30.3 Å². The summed E-state index contributed by atoms with van der Waals surface area (Å²) < 4.78 is 19.0. The van der Waals surface area contributed by atoms with Crippen LogP contribution in [0.5, 0.6) is 5.75 Å². The molecule has 2 rings (SSSR count). The molecular weight excluding hydrogens is 310 g/mol. The molecule has 19 heavy (non-hydrogen) atoms. The minimum Gasteiger partial charge on any atom is -0.482 e. The van der Waals surface area contributed by atoms with Gasteiger partial charge in [0.1, 0.15) is 11.6 Å². The number of hydrogen-bond acceptors (Lipinski definition) is 3. The van der Waals surface area contributed by atoms with Crippen LogP contribution < -0.4 is 4.74 Å². The molecule has 6 heteroatoms. The lowest BCUT2D eigenvalue weighted by atomic mass is 10.2. The molecule has 1 aromatic carbocycles. The minimum absolute atomic E-state index is 0.0451. The molecular formula is C13H9Cl2FO2S. The van der Waals surface area contributed by atoms with E-state index in [4.69, 9.17) is 27.9 Å². The van der Waals surface area contributed by atoms with E-state index in [1.165, 1.54) is 29.5 Å². The molecule has 0 aliphatic heterocycles. The van der Waals surface area contributed by atoms with E-state index < -0.39 is 11.9 Å². The lowest BCUT2D eigenvalue weighted by Crippen LogP contribution is -2.23. The molecule has 0 radical (unpaired) electrons. The van der Waals surface area contributed by atoms with E-state index in [0.717, 1.165) is 0 Å². The predicted molar refractivity (Wildman–Crippen MR) is 75.2 cm³/mol.